The van der Waals surface area contributed by atoms with Gasteiger partial charge in [-0.25, -0.2) is 17.7 Å². The zero-order valence-corrected chi connectivity index (χ0v) is 21.3. The van der Waals surface area contributed by atoms with Crippen LogP contribution in [0.3, 0.4) is 0 Å². The smallest absolute Gasteiger partial charge is 0.304 e. The van der Waals surface area contributed by atoms with Crippen LogP contribution in [0.1, 0.15) is 47.9 Å². The predicted molar refractivity (Wildman–Crippen MR) is 137 cm³/mol. The van der Waals surface area contributed by atoms with E-state index in [1.54, 1.807) is 36.4 Å². The normalized spacial score (nSPS) is 17.6. The summed E-state index contributed by atoms with van der Waals surface area (Å²) in [6.45, 7) is 11.1. The summed E-state index contributed by atoms with van der Waals surface area (Å²) in [4.78, 5) is 15.0. The van der Waals surface area contributed by atoms with E-state index >= 15 is 0 Å². The van der Waals surface area contributed by atoms with Gasteiger partial charge in [0.25, 0.3) is 0 Å². The quantitative estimate of drug-likeness (QED) is 0.405. The Morgan fingerprint density at radius 2 is 1.97 bits per heavy atom. The first-order valence-electron chi connectivity index (χ1n) is 11.9. The van der Waals surface area contributed by atoms with Gasteiger partial charge in [-0.15, -0.1) is 0 Å². The fourth-order valence-electron chi connectivity index (χ4n) is 4.52. The Morgan fingerprint density at radius 1 is 1.22 bits per heavy atom. The number of ether oxygens (including phenoxy) is 1. The lowest BCUT2D eigenvalue weighted by molar-refractivity contribution is -0.137. The highest BCUT2D eigenvalue weighted by Crippen LogP contribution is 2.35. The molecule has 1 N–H and O–H groups in total. The summed E-state index contributed by atoms with van der Waals surface area (Å²) >= 11 is 0. The van der Waals surface area contributed by atoms with E-state index in [0.29, 0.717) is 23.3 Å². The number of carboxylic acids is 1. The summed E-state index contributed by atoms with van der Waals surface area (Å²) in [5.74, 6) is -2.25. The molecule has 0 saturated carbocycles. The van der Waals surface area contributed by atoms with Crippen molar-refractivity contribution >= 4 is 21.7 Å². The average Bonchev–Trinajstić information content (AvgIpc) is 2.97. The maximum Gasteiger partial charge on any atom is 0.304 e. The average molecular weight is 523 g/mol. The summed E-state index contributed by atoms with van der Waals surface area (Å²) in [7, 11) is -3.87. The highest BCUT2D eigenvalue weighted by Gasteiger charge is 2.34. The first-order chi connectivity index (χ1) is 17.6. The number of fused-ring (bicyclic) bond motifs is 1. The summed E-state index contributed by atoms with van der Waals surface area (Å²) in [5, 5.41) is 9.56. The van der Waals surface area contributed by atoms with Gasteiger partial charge < -0.3 is 9.84 Å². The number of hydrogen-bond acceptors (Lipinski definition) is 4. The number of aryl methyl sites for hydroxylation is 1. The van der Waals surface area contributed by atoms with Crippen LogP contribution < -0.4 is 4.74 Å². The molecule has 1 heterocycles. The third-order valence-corrected chi connectivity index (χ3v) is 8.46. The van der Waals surface area contributed by atoms with Crippen LogP contribution in [0.5, 0.6) is 5.75 Å². The maximum atomic E-state index is 14.9. The molecule has 3 aromatic rings. The Balaban J connectivity index is 1.75. The first-order valence-corrected chi connectivity index (χ1v) is 13.3. The Bertz CT molecular complexity index is 1480. The van der Waals surface area contributed by atoms with Gasteiger partial charge in [0.1, 0.15) is 22.6 Å². The van der Waals surface area contributed by atoms with Gasteiger partial charge in [0.05, 0.1) is 19.5 Å². The van der Waals surface area contributed by atoms with Gasteiger partial charge in [0.2, 0.25) is 10.0 Å². The van der Waals surface area contributed by atoms with E-state index in [1.807, 2.05) is 13.8 Å². The number of benzene rings is 3. The summed E-state index contributed by atoms with van der Waals surface area (Å²) in [5.41, 5.74) is 2.35. The number of nitrogens with zero attached hydrogens (tertiary/aromatic N) is 2. The van der Waals surface area contributed by atoms with Gasteiger partial charge >= 0.3 is 5.97 Å². The molecule has 4 rings (SSSR count). The standard InChI is InChI=1S/C28H27FN2O5S/c1-4-22-17-31(37(34,35)27-8-6-5-7-26(27)36-22)16-20-13-19(10-9-18(20)2)24(15-28(32)33)23-12-11-21(30-3)14-25(23)29/h5-14,22,24H,4,15-17H2,1-2H3,(H,32,33)/t22-,24?/m1/s1. The lowest BCUT2D eigenvalue weighted by Gasteiger charge is -2.24. The molecular formula is C28H27FN2O5S. The van der Waals surface area contributed by atoms with Gasteiger partial charge in [-0.2, -0.15) is 4.31 Å². The molecule has 1 aliphatic rings. The monoisotopic (exact) mass is 522 g/mol. The van der Waals surface area contributed by atoms with Gasteiger partial charge in [-0.3, -0.25) is 4.79 Å². The van der Waals surface area contributed by atoms with E-state index in [2.05, 4.69) is 4.85 Å². The number of carboxylic acid groups (broad SMARTS) is 1. The van der Waals surface area contributed by atoms with E-state index in [0.717, 1.165) is 11.6 Å². The molecule has 3 aromatic carbocycles. The first kappa shape index (κ1) is 26.3. The van der Waals surface area contributed by atoms with Crippen LogP contribution in [0.15, 0.2) is 65.6 Å². The molecular weight excluding hydrogens is 495 g/mol. The molecule has 0 spiro atoms. The molecule has 0 aromatic heterocycles. The van der Waals surface area contributed by atoms with Crippen LogP contribution in [0.4, 0.5) is 10.1 Å². The third-order valence-electron chi connectivity index (χ3n) is 6.61. The number of hydrogen-bond donors (Lipinski definition) is 1. The Labute approximate surface area is 216 Å². The molecule has 37 heavy (non-hydrogen) atoms. The van der Waals surface area contributed by atoms with Crippen molar-refractivity contribution in [3.8, 4) is 5.75 Å². The zero-order valence-electron chi connectivity index (χ0n) is 20.5. The molecule has 0 saturated heterocycles. The van der Waals surface area contributed by atoms with Crippen LogP contribution in [-0.2, 0) is 21.4 Å². The topological polar surface area (TPSA) is 88.3 Å². The SMILES string of the molecule is [C-]#[N+]c1ccc(C(CC(=O)O)c2ccc(C)c(CN3C[C@@H](CC)Oc4ccccc4S3(=O)=O)c2)c(F)c1. The van der Waals surface area contributed by atoms with Gasteiger partial charge in [0.15, 0.2) is 5.69 Å². The molecule has 2 atom stereocenters. The number of carbonyl (C=O) groups is 1. The van der Waals surface area contributed by atoms with Crippen molar-refractivity contribution in [2.24, 2.45) is 0 Å². The number of aliphatic carboxylic acids is 1. The number of sulfonamides is 1. The van der Waals surface area contributed by atoms with E-state index in [1.165, 1.54) is 22.5 Å². The van der Waals surface area contributed by atoms with Crippen molar-refractivity contribution in [3.63, 3.8) is 0 Å². The molecule has 0 amide bonds. The van der Waals surface area contributed by atoms with Crippen LogP contribution in [0.2, 0.25) is 0 Å². The van der Waals surface area contributed by atoms with Crippen molar-refractivity contribution in [2.45, 2.75) is 50.2 Å². The molecule has 9 heteroatoms. The number of para-hydroxylation sites is 1. The van der Waals surface area contributed by atoms with Crippen molar-refractivity contribution in [1.29, 1.82) is 0 Å². The zero-order chi connectivity index (χ0) is 26.7. The van der Waals surface area contributed by atoms with Crippen LogP contribution in [-0.4, -0.2) is 36.4 Å². The lowest BCUT2D eigenvalue weighted by atomic mass is 9.86. The summed E-state index contributed by atoms with van der Waals surface area (Å²) in [6, 6.07) is 15.8. The molecule has 0 bridgehead atoms. The van der Waals surface area contributed by atoms with E-state index < -0.39 is 27.7 Å². The minimum Gasteiger partial charge on any atom is -0.488 e. The van der Waals surface area contributed by atoms with E-state index in [9.17, 15) is 22.7 Å². The Morgan fingerprint density at radius 3 is 2.65 bits per heavy atom. The van der Waals surface area contributed by atoms with Crippen molar-refractivity contribution in [2.75, 3.05) is 6.54 Å². The highest BCUT2D eigenvalue weighted by atomic mass is 32.2. The van der Waals surface area contributed by atoms with Crippen molar-refractivity contribution < 1.29 is 27.4 Å². The van der Waals surface area contributed by atoms with E-state index in [-0.39, 0.29) is 41.8 Å². The molecule has 7 nitrogen and oxygen atoms in total. The highest BCUT2D eigenvalue weighted by molar-refractivity contribution is 7.89. The number of rotatable bonds is 7. The maximum absolute atomic E-state index is 14.9. The third kappa shape index (κ3) is 5.50. The minimum atomic E-state index is -3.87. The predicted octanol–water partition coefficient (Wildman–Crippen LogP) is 5.65. The number of halogens is 1. The second kappa shape index (κ2) is 10.7. The molecule has 1 aliphatic heterocycles. The fraction of sp³-hybridized carbons (Fsp3) is 0.286. The fourth-order valence-corrected chi connectivity index (χ4v) is 6.09. The summed E-state index contributed by atoms with van der Waals surface area (Å²) < 4.78 is 49.5. The van der Waals surface area contributed by atoms with Gasteiger partial charge in [-0.05, 0) is 53.8 Å². The lowest BCUT2D eigenvalue weighted by Crippen LogP contribution is -2.36. The van der Waals surface area contributed by atoms with Crippen LogP contribution in [0, 0.1) is 19.3 Å². The second-order valence-electron chi connectivity index (χ2n) is 9.05. The minimum absolute atomic E-state index is 0.0507. The van der Waals surface area contributed by atoms with Crippen LogP contribution in [0.25, 0.3) is 4.85 Å². The van der Waals surface area contributed by atoms with Crippen LogP contribution >= 0.6 is 0 Å². The Hall–Kier alpha value is -3.74. The molecule has 1 unspecified atom stereocenters. The van der Waals surface area contributed by atoms with Crippen molar-refractivity contribution in [1.82, 2.24) is 4.31 Å². The second-order valence-corrected chi connectivity index (χ2v) is 11.0. The Kier molecular flexibility index (Phi) is 7.62. The molecule has 0 radical (unpaired) electrons. The molecule has 192 valence electrons. The molecule has 0 fully saturated rings. The van der Waals surface area contributed by atoms with Crippen molar-refractivity contribution in [3.05, 3.63) is 100 Å². The van der Waals surface area contributed by atoms with Gasteiger partial charge in [0, 0.05) is 12.5 Å². The summed E-state index contributed by atoms with van der Waals surface area (Å²) in [6.07, 6.45) is -0.0885. The van der Waals surface area contributed by atoms with E-state index in [4.69, 9.17) is 11.3 Å². The largest absolute Gasteiger partial charge is 0.488 e. The van der Waals surface area contributed by atoms with Gasteiger partial charge in [-0.1, -0.05) is 49.4 Å². The molecule has 0 aliphatic carbocycles.